The molecule has 0 radical (unpaired) electrons. The third-order valence-corrected chi connectivity index (χ3v) is 19.2. The van der Waals surface area contributed by atoms with Gasteiger partial charge in [-0.05, 0) is 123 Å². The van der Waals surface area contributed by atoms with Crippen molar-refractivity contribution in [3.8, 4) is 0 Å². The lowest BCUT2D eigenvalue weighted by Gasteiger charge is -2.71. The van der Waals surface area contributed by atoms with E-state index in [1.807, 2.05) is 6.92 Å². The van der Waals surface area contributed by atoms with E-state index < -0.39 is 147 Å². The fraction of sp³-hybridized carbons (Fsp3) is 0.958. The molecule has 0 aromatic rings. The van der Waals surface area contributed by atoms with Crippen LogP contribution >= 0.6 is 0 Å². The van der Waals surface area contributed by atoms with Gasteiger partial charge in [-0.2, -0.15) is 0 Å². The van der Waals surface area contributed by atoms with E-state index in [2.05, 4.69) is 41.2 Å². The first-order valence-corrected chi connectivity index (χ1v) is 24.7. The van der Waals surface area contributed by atoms with Crippen molar-refractivity contribution in [2.75, 3.05) is 19.8 Å². The fourth-order valence-electron chi connectivity index (χ4n) is 15.0. The summed E-state index contributed by atoms with van der Waals surface area (Å²) in [5, 5.41) is 139. The molecule has 0 aromatic carbocycles. The molecular weight excluding hydrogens is 897 g/mol. The molecule has 7 fully saturated rings. The predicted molar refractivity (Wildman–Crippen MR) is 236 cm³/mol. The summed E-state index contributed by atoms with van der Waals surface area (Å²) in [6.07, 6.45) is -20.1. The van der Waals surface area contributed by atoms with E-state index in [9.17, 15) is 66.5 Å². The zero-order valence-electron chi connectivity index (χ0n) is 40.6. The first-order chi connectivity index (χ1) is 31.8. The summed E-state index contributed by atoms with van der Waals surface area (Å²) in [5.74, 6) is -0.518. The van der Waals surface area contributed by atoms with Gasteiger partial charge in [-0.25, -0.2) is 4.89 Å². The van der Waals surface area contributed by atoms with Gasteiger partial charge in [-0.3, -0.25) is 5.26 Å². The van der Waals surface area contributed by atoms with Gasteiger partial charge in [0.15, 0.2) is 18.9 Å². The second kappa shape index (κ2) is 20.3. The van der Waals surface area contributed by atoms with Crippen LogP contribution in [-0.4, -0.2) is 202 Å². The van der Waals surface area contributed by atoms with Crippen LogP contribution in [0.5, 0.6) is 0 Å². The number of rotatable bonds is 15. The molecule has 0 aromatic heterocycles. The minimum Gasteiger partial charge on any atom is -0.394 e. The van der Waals surface area contributed by atoms with Crippen molar-refractivity contribution < 1.29 is 99.8 Å². The molecule has 7 rings (SSSR count). The monoisotopic (exact) mass is 979 g/mol. The maximum Gasteiger partial charge on any atom is 0.187 e. The zero-order valence-corrected chi connectivity index (χ0v) is 40.6. The van der Waals surface area contributed by atoms with Crippen molar-refractivity contribution in [1.82, 2.24) is 0 Å². The van der Waals surface area contributed by atoms with Gasteiger partial charge in [-0.1, -0.05) is 41.2 Å². The summed E-state index contributed by atoms with van der Waals surface area (Å²) in [5.41, 5.74) is -2.14. The molecule has 20 heteroatoms. The number of hydrogen-bond donors (Lipinski definition) is 13. The van der Waals surface area contributed by atoms with Crippen LogP contribution < -0.4 is 0 Å². The van der Waals surface area contributed by atoms with Gasteiger partial charge in [0.05, 0.1) is 37.6 Å². The molecule has 3 saturated heterocycles. The van der Waals surface area contributed by atoms with Crippen molar-refractivity contribution in [2.24, 2.45) is 45.3 Å². The minimum absolute atomic E-state index is 0.0427. The van der Waals surface area contributed by atoms with Crippen LogP contribution in [0.1, 0.15) is 106 Å². The molecule has 3 heterocycles. The molecule has 0 unspecified atom stereocenters. The van der Waals surface area contributed by atoms with Crippen LogP contribution in [0.25, 0.3) is 0 Å². The van der Waals surface area contributed by atoms with Gasteiger partial charge in [0.25, 0.3) is 0 Å². The lowest BCUT2D eigenvalue weighted by molar-refractivity contribution is -0.378. The molecule has 26 atom stereocenters. The standard InChI is InChI=1S/C48H82O20/c1-21(2)24(68-61)10-16-48(8,67-42-39(60)36(57)33(54)26(19-50)63-42)22-9-14-47(7)31(22)23(52)17-29-45(5)13-12-30(44(3,4)28(45)11-15-46(29,47)6)65-43-40(37(58)34(55)27(20-51)64-43)66-41-38(59)35(56)32(53)25(18-49)62-41/h22-43,49-61H,1,9-20H2,2-8H3/t22-,23+,24+,25+,26+,27+,28+,29+,30+,31-,32+,33+,34+,35-,36-,37-,38+,39+,40+,41-,42-,43-,45+,46+,47-,48+/m1/s1. The highest BCUT2D eigenvalue weighted by molar-refractivity contribution is 5.20. The molecule has 68 heavy (non-hydrogen) atoms. The second-order valence-corrected chi connectivity index (χ2v) is 23.1. The SMILES string of the molecule is C=C(C)[C@H](CC[C@](C)(O[C@H]1O[C@@H](CO)[C@H](O)[C@@H](O)[C@@H]1O)[C@@H]1CC[C@]2(C)[C@H]1[C@@H](O)C[C@H]1[C@@]3(C)CC[C@H](O[C@H]4O[C@@H](CO)[C@H](O)[C@@H](O)[C@@H]4O[C@H]4O[C@@H](CO)[C@H](O)[C@@H](O)[C@@H]4O)C(C)(C)[C@@H]3CC[C@@]12C)OO. The average Bonchev–Trinajstić information content (AvgIpc) is 3.68. The van der Waals surface area contributed by atoms with Gasteiger partial charge in [0, 0.05) is 0 Å². The number of hydrogen-bond acceptors (Lipinski definition) is 20. The lowest BCUT2D eigenvalue weighted by Crippen LogP contribution is -2.68. The predicted octanol–water partition coefficient (Wildman–Crippen LogP) is -0.559. The van der Waals surface area contributed by atoms with Gasteiger partial charge in [0.1, 0.15) is 79.4 Å². The van der Waals surface area contributed by atoms with Crippen molar-refractivity contribution in [3.63, 3.8) is 0 Å². The third-order valence-electron chi connectivity index (χ3n) is 19.2. The molecule has 0 bridgehead atoms. The molecular formula is C48H82O20. The lowest BCUT2D eigenvalue weighted by atomic mass is 9.35. The topological polar surface area (TPSA) is 328 Å². The molecule has 20 nitrogen and oxygen atoms in total. The molecule has 394 valence electrons. The first kappa shape index (κ1) is 54.7. The van der Waals surface area contributed by atoms with E-state index in [1.165, 1.54) is 0 Å². The summed E-state index contributed by atoms with van der Waals surface area (Å²) >= 11 is 0. The molecule has 0 amide bonds. The quantitative estimate of drug-likeness (QED) is 0.0423. The number of aliphatic hydroxyl groups excluding tert-OH is 12. The smallest absolute Gasteiger partial charge is 0.187 e. The van der Waals surface area contributed by atoms with Crippen LogP contribution in [0, 0.1) is 45.3 Å². The maximum atomic E-state index is 12.7. The molecule has 4 aliphatic carbocycles. The van der Waals surface area contributed by atoms with E-state index in [4.69, 9.17) is 33.3 Å². The normalized spacial score (nSPS) is 51.7. The van der Waals surface area contributed by atoms with Crippen molar-refractivity contribution >= 4 is 0 Å². The minimum atomic E-state index is -1.81. The Morgan fingerprint density at radius 1 is 0.647 bits per heavy atom. The van der Waals surface area contributed by atoms with Gasteiger partial charge in [0.2, 0.25) is 0 Å². The largest absolute Gasteiger partial charge is 0.394 e. The highest BCUT2D eigenvalue weighted by Crippen LogP contribution is 2.76. The van der Waals surface area contributed by atoms with Crippen LogP contribution in [-0.2, 0) is 33.3 Å². The molecule has 13 N–H and O–H groups in total. The maximum absolute atomic E-state index is 12.7. The first-order valence-electron chi connectivity index (χ1n) is 24.7. The second-order valence-electron chi connectivity index (χ2n) is 23.1. The Morgan fingerprint density at radius 2 is 1.18 bits per heavy atom. The van der Waals surface area contributed by atoms with Gasteiger partial charge >= 0.3 is 0 Å². The summed E-state index contributed by atoms with van der Waals surface area (Å²) in [6, 6.07) is 0. The summed E-state index contributed by atoms with van der Waals surface area (Å²) in [6.45, 7) is 16.8. The Labute approximate surface area is 398 Å². The Hall–Kier alpha value is -1.06. The third kappa shape index (κ3) is 9.09. The van der Waals surface area contributed by atoms with Crippen LogP contribution in [0.3, 0.4) is 0 Å². The molecule has 7 aliphatic rings. The molecule has 3 aliphatic heterocycles. The van der Waals surface area contributed by atoms with Crippen LogP contribution in [0.15, 0.2) is 12.2 Å². The van der Waals surface area contributed by atoms with Crippen molar-refractivity contribution in [3.05, 3.63) is 12.2 Å². The van der Waals surface area contributed by atoms with Crippen LogP contribution in [0.2, 0.25) is 0 Å². The Kier molecular flexibility index (Phi) is 16.4. The van der Waals surface area contributed by atoms with E-state index in [-0.39, 0.29) is 47.3 Å². The molecule has 0 spiro atoms. The average molecular weight is 979 g/mol. The van der Waals surface area contributed by atoms with Crippen LogP contribution in [0.4, 0.5) is 0 Å². The number of ether oxygens (including phenoxy) is 6. The Balaban J connectivity index is 1.14. The molecule has 4 saturated carbocycles. The highest BCUT2D eigenvalue weighted by atomic mass is 17.1. The number of aliphatic hydroxyl groups is 12. The van der Waals surface area contributed by atoms with Crippen molar-refractivity contribution in [2.45, 2.75) is 222 Å². The summed E-state index contributed by atoms with van der Waals surface area (Å²) < 4.78 is 37.1. The van der Waals surface area contributed by atoms with E-state index in [1.54, 1.807) is 6.92 Å². The number of fused-ring (bicyclic) bond motifs is 5. The summed E-state index contributed by atoms with van der Waals surface area (Å²) in [7, 11) is 0. The van der Waals surface area contributed by atoms with Gasteiger partial charge in [-0.15, -0.1) is 0 Å². The Morgan fingerprint density at radius 3 is 1.74 bits per heavy atom. The zero-order chi connectivity index (χ0) is 50.2. The summed E-state index contributed by atoms with van der Waals surface area (Å²) in [4.78, 5) is 4.80. The highest BCUT2D eigenvalue weighted by Gasteiger charge is 2.72. The van der Waals surface area contributed by atoms with Gasteiger partial charge < -0.3 is 89.7 Å². The fourth-order valence-corrected chi connectivity index (χ4v) is 15.0. The van der Waals surface area contributed by atoms with Crippen molar-refractivity contribution in [1.29, 1.82) is 0 Å². The van der Waals surface area contributed by atoms with E-state index in [0.717, 1.165) is 19.3 Å². The van der Waals surface area contributed by atoms with E-state index in [0.29, 0.717) is 31.3 Å². The Bertz CT molecular complexity index is 1720. The van der Waals surface area contributed by atoms with E-state index >= 15 is 0 Å².